The lowest BCUT2D eigenvalue weighted by molar-refractivity contribution is 0.570. The molecular formula is C24H42Br2S. The van der Waals surface area contributed by atoms with Crippen LogP contribution >= 0.6 is 43.2 Å². The largest absolute Gasteiger partial charge is 0.121 e. The van der Waals surface area contributed by atoms with Gasteiger partial charge >= 0.3 is 0 Å². The maximum absolute atomic E-state index is 3.83. The molecule has 0 aromatic carbocycles. The van der Waals surface area contributed by atoms with Crippen LogP contribution in [0, 0.1) is 0 Å². The molecule has 1 aromatic rings. The first-order valence-electron chi connectivity index (χ1n) is 11.7. The maximum atomic E-state index is 3.83. The van der Waals surface area contributed by atoms with Crippen molar-refractivity contribution in [3.63, 3.8) is 0 Å². The van der Waals surface area contributed by atoms with Crippen LogP contribution in [0.25, 0.3) is 0 Å². The van der Waals surface area contributed by atoms with Gasteiger partial charge < -0.3 is 0 Å². The third kappa shape index (κ3) is 12.1. The smallest absolute Gasteiger partial charge is 0.0745 e. The molecule has 1 aromatic heterocycles. The van der Waals surface area contributed by atoms with Crippen LogP contribution in [0.5, 0.6) is 0 Å². The van der Waals surface area contributed by atoms with E-state index in [1.54, 1.807) is 11.1 Å². The summed E-state index contributed by atoms with van der Waals surface area (Å²) in [5, 5.41) is 0. The number of hydrogen-bond acceptors (Lipinski definition) is 1. The molecule has 0 unspecified atom stereocenters. The van der Waals surface area contributed by atoms with E-state index in [1.165, 1.54) is 123 Å². The highest BCUT2D eigenvalue weighted by Gasteiger charge is 2.14. The van der Waals surface area contributed by atoms with Crippen LogP contribution in [0.2, 0.25) is 0 Å². The van der Waals surface area contributed by atoms with E-state index >= 15 is 0 Å². The van der Waals surface area contributed by atoms with Crippen LogP contribution in [-0.2, 0) is 12.8 Å². The molecule has 0 nitrogen and oxygen atoms in total. The summed E-state index contributed by atoms with van der Waals surface area (Å²) in [6.07, 6.45) is 24.9. The van der Waals surface area contributed by atoms with Gasteiger partial charge in [-0.25, -0.2) is 0 Å². The van der Waals surface area contributed by atoms with Gasteiger partial charge in [-0.3, -0.25) is 0 Å². The summed E-state index contributed by atoms with van der Waals surface area (Å²) in [4.78, 5) is 0. The molecule has 0 radical (unpaired) electrons. The summed E-state index contributed by atoms with van der Waals surface area (Å²) in [7, 11) is 0. The molecule has 0 atom stereocenters. The van der Waals surface area contributed by atoms with E-state index < -0.39 is 0 Å². The molecule has 0 aliphatic carbocycles. The molecule has 0 aliphatic heterocycles. The van der Waals surface area contributed by atoms with Crippen molar-refractivity contribution in [1.82, 2.24) is 0 Å². The molecule has 0 amide bonds. The molecule has 158 valence electrons. The number of thiophene rings is 1. The quantitative estimate of drug-likeness (QED) is 0.168. The van der Waals surface area contributed by atoms with Crippen molar-refractivity contribution in [2.45, 2.75) is 129 Å². The minimum Gasteiger partial charge on any atom is -0.121 e. The predicted molar refractivity (Wildman–Crippen MR) is 132 cm³/mol. The maximum Gasteiger partial charge on any atom is 0.0745 e. The van der Waals surface area contributed by atoms with Crippen molar-refractivity contribution in [3.8, 4) is 0 Å². The van der Waals surface area contributed by atoms with Gasteiger partial charge in [0.15, 0.2) is 0 Å². The Hall–Kier alpha value is 0.660. The zero-order valence-corrected chi connectivity index (χ0v) is 21.9. The molecule has 0 saturated heterocycles. The highest BCUT2D eigenvalue weighted by atomic mass is 79.9. The van der Waals surface area contributed by atoms with Crippen LogP contribution in [0.1, 0.15) is 128 Å². The van der Waals surface area contributed by atoms with Crippen LogP contribution in [0.15, 0.2) is 7.57 Å². The normalized spacial score (nSPS) is 11.4. The van der Waals surface area contributed by atoms with E-state index in [0.717, 1.165) is 0 Å². The second kappa shape index (κ2) is 17.5. The molecule has 0 N–H and O–H groups in total. The Labute approximate surface area is 190 Å². The highest BCUT2D eigenvalue weighted by molar-refractivity contribution is 9.12. The van der Waals surface area contributed by atoms with Crippen molar-refractivity contribution in [1.29, 1.82) is 0 Å². The Balaban J connectivity index is 2.21. The van der Waals surface area contributed by atoms with Gasteiger partial charge in [0.1, 0.15) is 0 Å². The van der Waals surface area contributed by atoms with Crippen LogP contribution in [-0.4, -0.2) is 0 Å². The summed E-state index contributed by atoms with van der Waals surface area (Å²) in [5.41, 5.74) is 3.20. The monoisotopic (exact) mass is 520 g/mol. The third-order valence-electron chi connectivity index (χ3n) is 5.58. The average molecular weight is 522 g/mol. The fraction of sp³-hybridized carbons (Fsp3) is 0.833. The summed E-state index contributed by atoms with van der Waals surface area (Å²) in [6.45, 7) is 4.59. The molecule has 1 heterocycles. The molecule has 27 heavy (non-hydrogen) atoms. The zero-order chi connectivity index (χ0) is 19.7. The summed E-state index contributed by atoms with van der Waals surface area (Å²) in [5.74, 6) is 0. The first kappa shape index (κ1) is 25.7. The molecule has 1 rings (SSSR count). The lowest BCUT2D eigenvalue weighted by Crippen LogP contribution is -1.94. The van der Waals surface area contributed by atoms with Gasteiger partial charge in [-0.1, -0.05) is 104 Å². The van der Waals surface area contributed by atoms with Gasteiger partial charge in [0.05, 0.1) is 7.57 Å². The number of hydrogen-bond donors (Lipinski definition) is 0. The van der Waals surface area contributed by atoms with Crippen LogP contribution in [0.4, 0.5) is 0 Å². The lowest BCUT2D eigenvalue weighted by atomic mass is 10.00. The molecule has 0 fully saturated rings. The van der Waals surface area contributed by atoms with Gasteiger partial charge in [-0.05, 0) is 68.7 Å². The van der Waals surface area contributed by atoms with Gasteiger partial charge in [0.25, 0.3) is 0 Å². The number of rotatable bonds is 18. The van der Waals surface area contributed by atoms with Gasteiger partial charge in [0.2, 0.25) is 0 Å². The topological polar surface area (TPSA) is 0 Å². The SMILES string of the molecule is CCCCCCCCCCc1c(Br)sc(Br)c1CCCCCCCCCC. The standard InChI is InChI=1S/C24H42Br2S/c1-3-5-7-9-11-13-15-17-19-21-22(24(26)27-23(21)25)20-18-16-14-12-10-8-6-4-2/h3-20H2,1-2H3. The molecular weight excluding hydrogens is 480 g/mol. The first-order valence-corrected chi connectivity index (χ1v) is 14.1. The fourth-order valence-corrected chi connectivity index (χ4v) is 7.16. The lowest BCUT2D eigenvalue weighted by Gasteiger charge is -2.07. The number of halogens is 2. The number of unbranched alkanes of at least 4 members (excludes halogenated alkanes) is 14. The van der Waals surface area contributed by atoms with Crippen molar-refractivity contribution < 1.29 is 0 Å². The molecule has 0 aliphatic rings. The highest BCUT2D eigenvalue weighted by Crippen LogP contribution is 2.39. The molecule has 0 bridgehead atoms. The minimum atomic E-state index is 1.25. The van der Waals surface area contributed by atoms with Crippen LogP contribution in [0.3, 0.4) is 0 Å². The summed E-state index contributed by atoms with van der Waals surface area (Å²) >= 11 is 9.54. The second-order valence-corrected chi connectivity index (χ2v) is 11.7. The molecule has 0 spiro atoms. The Morgan fingerprint density at radius 3 is 1.11 bits per heavy atom. The molecule has 0 saturated carbocycles. The third-order valence-corrected chi connectivity index (χ3v) is 8.36. The van der Waals surface area contributed by atoms with Gasteiger partial charge in [-0.15, -0.1) is 11.3 Å². The Morgan fingerprint density at radius 1 is 0.481 bits per heavy atom. The van der Waals surface area contributed by atoms with Gasteiger partial charge in [-0.2, -0.15) is 0 Å². The van der Waals surface area contributed by atoms with Crippen molar-refractivity contribution in [2.75, 3.05) is 0 Å². The van der Waals surface area contributed by atoms with Gasteiger partial charge in [0, 0.05) is 0 Å². The van der Waals surface area contributed by atoms with E-state index in [1.807, 2.05) is 11.3 Å². The molecule has 3 heteroatoms. The Bertz CT molecular complexity index is 427. The van der Waals surface area contributed by atoms with E-state index in [-0.39, 0.29) is 0 Å². The van der Waals surface area contributed by atoms with E-state index in [4.69, 9.17) is 0 Å². The van der Waals surface area contributed by atoms with Crippen molar-refractivity contribution in [3.05, 3.63) is 18.7 Å². The van der Waals surface area contributed by atoms with E-state index in [2.05, 4.69) is 45.7 Å². The fourth-order valence-electron chi connectivity index (χ4n) is 3.81. The Morgan fingerprint density at radius 2 is 0.778 bits per heavy atom. The van der Waals surface area contributed by atoms with Crippen molar-refractivity contribution in [2.24, 2.45) is 0 Å². The Kier molecular flexibility index (Phi) is 16.7. The predicted octanol–water partition coefficient (Wildman–Crippen LogP) is 10.6. The van der Waals surface area contributed by atoms with E-state index in [9.17, 15) is 0 Å². The summed E-state index contributed by atoms with van der Waals surface area (Å²) in [6, 6.07) is 0. The first-order chi connectivity index (χ1) is 13.2. The van der Waals surface area contributed by atoms with E-state index in [0.29, 0.717) is 0 Å². The average Bonchev–Trinajstić information content (AvgIpc) is 2.92. The zero-order valence-electron chi connectivity index (χ0n) is 17.9. The second-order valence-electron chi connectivity index (χ2n) is 8.06. The minimum absolute atomic E-state index is 1.25. The summed E-state index contributed by atoms with van der Waals surface area (Å²) < 4.78 is 2.73. The van der Waals surface area contributed by atoms with Crippen molar-refractivity contribution >= 4 is 43.2 Å². The van der Waals surface area contributed by atoms with Crippen LogP contribution < -0.4 is 0 Å².